The molecule has 0 aliphatic heterocycles. The Labute approximate surface area is 162 Å². The SMILES string of the molecule is C=C(C)C(=O)NC(C)c1nc2ccccc2n1Cc1ccc(Cl)c(Cl)c1. The van der Waals surface area contributed by atoms with E-state index >= 15 is 0 Å². The van der Waals surface area contributed by atoms with Crippen LogP contribution in [0.4, 0.5) is 0 Å². The largest absolute Gasteiger partial charge is 0.343 e. The third-order valence-corrected chi connectivity index (χ3v) is 4.87. The van der Waals surface area contributed by atoms with E-state index in [1.807, 2.05) is 43.3 Å². The minimum absolute atomic E-state index is 0.189. The molecule has 3 rings (SSSR count). The van der Waals surface area contributed by atoms with Crippen molar-refractivity contribution >= 4 is 40.1 Å². The molecule has 1 N–H and O–H groups in total. The predicted molar refractivity (Wildman–Crippen MR) is 107 cm³/mol. The Morgan fingerprint density at radius 3 is 2.65 bits per heavy atom. The Morgan fingerprint density at radius 1 is 1.23 bits per heavy atom. The van der Waals surface area contributed by atoms with Gasteiger partial charge in [0.25, 0.3) is 0 Å². The predicted octanol–water partition coefficient (Wildman–Crippen LogP) is 5.14. The van der Waals surface area contributed by atoms with Gasteiger partial charge in [-0.1, -0.05) is 48.0 Å². The fourth-order valence-electron chi connectivity index (χ4n) is 2.80. The smallest absolute Gasteiger partial charge is 0.246 e. The summed E-state index contributed by atoms with van der Waals surface area (Å²) in [5.41, 5.74) is 3.33. The molecule has 0 radical (unpaired) electrons. The number of nitrogens with zero attached hydrogens (tertiary/aromatic N) is 2. The standard InChI is InChI=1S/C20H19Cl2N3O/c1-12(2)20(26)23-13(3)19-24-17-6-4-5-7-18(17)25(19)11-14-8-9-15(21)16(22)10-14/h4-10,13H,1,11H2,2-3H3,(H,23,26). The first-order valence-electron chi connectivity index (χ1n) is 8.22. The van der Waals surface area contributed by atoms with Crippen LogP contribution in [0, 0.1) is 0 Å². The molecule has 0 saturated carbocycles. The van der Waals surface area contributed by atoms with Gasteiger partial charge in [-0.3, -0.25) is 4.79 Å². The molecule has 1 aromatic heterocycles. The molecule has 0 aliphatic carbocycles. The molecular weight excluding hydrogens is 369 g/mol. The van der Waals surface area contributed by atoms with Gasteiger partial charge in [0.15, 0.2) is 0 Å². The minimum atomic E-state index is -0.269. The molecule has 3 aromatic rings. The highest BCUT2D eigenvalue weighted by Gasteiger charge is 2.19. The summed E-state index contributed by atoms with van der Waals surface area (Å²) in [6, 6.07) is 13.2. The van der Waals surface area contributed by atoms with Crippen molar-refractivity contribution in [3.8, 4) is 0 Å². The number of nitrogens with one attached hydrogen (secondary N) is 1. The first-order chi connectivity index (χ1) is 12.4. The molecule has 1 heterocycles. The number of fused-ring (bicyclic) bond motifs is 1. The van der Waals surface area contributed by atoms with E-state index in [0.29, 0.717) is 22.2 Å². The van der Waals surface area contributed by atoms with E-state index in [1.54, 1.807) is 13.0 Å². The molecule has 6 heteroatoms. The maximum Gasteiger partial charge on any atom is 0.246 e. The quantitative estimate of drug-likeness (QED) is 0.615. The number of carbonyl (C=O) groups is 1. The summed E-state index contributed by atoms with van der Waals surface area (Å²) in [6.45, 7) is 7.85. The van der Waals surface area contributed by atoms with Gasteiger partial charge in [-0.2, -0.15) is 0 Å². The Kier molecular flexibility index (Phi) is 5.35. The Hall–Kier alpha value is -2.30. The zero-order valence-electron chi connectivity index (χ0n) is 14.6. The van der Waals surface area contributed by atoms with E-state index < -0.39 is 0 Å². The van der Waals surface area contributed by atoms with Crippen LogP contribution in [-0.4, -0.2) is 15.5 Å². The number of hydrogen-bond acceptors (Lipinski definition) is 2. The summed E-state index contributed by atoms with van der Waals surface area (Å²) in [5.74, 6) is 0.581. The molecule has 134 valence electrons. The highest BCUT2D eigenvalue weighted by atomic mass is 35.5. The van der Waals surface area contributed by atoms with Gasteiger partial charge in [0.2, 0.25) is 5.91 Å². The van der Waals surface area contributed by atoms with Gasteiger partial charge in [-0.15, -0.1) is 0 Å². The van der Waals surface area contributed by atoms with Crippen LogP contribution in [0.5, 0.6) is 0 Å². The molecule has 0 spiro atoms. The zero-order valence-corrected chi connectivity index (χ0v) is 16.1. The Morgan fingerprint density at radius 2 is 1.96 bits per heavy atom. The molecule has 1 unspecified atom stereocenters. The van der Waals surface area contributed by atoms with Crippen LogP contribution in [0.2, 0.25) is 10.0 Å². The highest BCUT2D eigenvalue weighted by molar-refractivity contribution is 6.42. The second-order valence-electron chi connectivity index (χ2n) is 6.27. The summed E-state index contributed by atoms with van der Waals surface area (Å²) < 4.78 is 2.08. The molecule has 26 heavy (non-hydrogen) atoms. The van der Waals surface area contributed by atoms with Crippen LogP contribution in [0.25, 0.3) is 11.0 Å². The number of para-hydroxylation sites is 2. The summed E-state index contributed by atoms with van der Waals surface area (Å²) in [4.78, 5) is 16.7. The lowest BCUT2D eigenvalue weighted by molar-refractivity contribution is -0.118. The third kappa shape index (κ3) is 3.76. The van der Waals surface area contributed by atoms with Crippen LogP contribution in [0.15, 0.2) is 54.6 Å². The zero-order chi connectivity index (χ0) is 18.8. The topological polar surface area (TPSA) is 46.9 Å². The van der Waals surface area contributed by atoms with Gasteiger partial charge in [0, 0.05) is 12.1 Å². The van der Waals surface area contributed by atoms with Crippen LogP contribution >= 0.6 is 23.2 Å². The minimum Gasteiger partial charge on any atom is -0.343 e. The number of carbonyl (C=O) groups excluding carboxylic acids is 1. The lowest BCUT2D eigenvalue weighted by atomic mass is 10.2. The number of rotatable bonds is 5. The molecule has 0 fully saturated rings. The number of hydrogen-bond donors (Lipinski definition) is 1. The van der Waals surface area contributed by atoms with E-state index in [-0.39, 0.29) is 11.9 Å². The summed E-state index contributed by atoms with van der Waals surface area (Å²) in [6.07, 6.45) is 0. The second-order valence-corrected chi connectivity index (χ2v) is 7.08. The van der Waals surface area contributed by atoms with E-state index in [0.717, 1.165) is 22.4 Å². The average molecular weight is 388 g/mol. The van der Waals surface area contributed by atoms with Crippen LogP contribution in [0.1, 0.15) is 31.3 Å². The highest BCUT2D eigenvalue weighted by Crippen LogP contribution is 2.26. The van der Waals surface area contributed by atoms with Crippen molar-refractivity contribution < 1.29 is 4.79 Å². The third-order valence-electron chi connectivity index (χ3n) is 4.13. The van der Waals surface area contributed by atoms with Crippen molar-refractivity contribution in [1.82, 2.24) is 14.9 Å². The van der Waals surface area contributed by atoms with Gasteiger partial charge in [0.1, 0.15) is 5.82 Å². The van der Waals surface area contributed by atoms with Crippen molar-refractivity contribution in [2.75, 3.05) is 0 Å². The molecule has 1 atom stereocenters. The number of aromatic nitrogens is 2. The average Bonchev–Trinajstić information content (AvgIpc) is 2.97. The fourth-order valence-corrected chi connectivity index (χ4v) is 3.12. The number of halogens is 2. The number of benzene rings is 2. The first-order valence-corrected chi connectivity index (χ1v) is 8.98. The molecule has 0 bridgehead atoms. The van der Waals surface area contributed by atoms with Gasteiger partial charge in [-0.25, -0.2) is 4.98 Å². The summed E-state index contributed by atoms with van der Waals surface area (Å²) in [7, 11) is 0. The maximum atomic E-state index is 12.0. The van der Waals surface area contributed by atoms with Gasteiger partial charge >= 0.3 is 0 Å². The van der Waals surface area contributed by atoms with Gasteiger partial charge < -0.3 is 9.88 Å². The monoisotopic (exact) mass is 387 g/mol. The summed E-state index contributed by atoms with van der Waals surface area (Å²) >= 11 is 12.2. The lowest BCUT2D eigenvalue weighted by Crippen LogP contribution is -2.29. The van der Waals surface area contributed by atoms with E-state index in [4.69, 9.17) is 28.2 Å². The number of imidazole rings is 1. The molecule has 0 aliphatic rings. The first kappa shape index (κ1) is 18.5. The second kappa shape index (κ2) is 7.52. The van der Waals surface area contributed by atoms with E-state index in [2.05, 4.69) is 16.5 Å². The van der Waals surface area contributed by atoms with Crippen molar-refractivity contribution in [2.45, 2.75) is 26.4 Å². The lowest BCUT2D eigenvalue weighted by Gasteiger charge is -2.17. The maximum absolute atomic E-state index is 12.0. The van der Waals surface area contributed by atoms with E-state index in [9.17, 15) is 4.79 Å². The van der Waals surface area contributed by atoms with Gasteiger partial charge in [0.05, 0.1) is 27.1 Å². The van der Waals surface area contributed by atoms with Crippen molar-refractivity contribution in [1.29, 1.82) is 0 Å². The molecular formula is C20H19Cl2N3O. The molecule has 0 saturated heterocycles. The Bertz CT molecular complexity index is 994. The molecule has 1 amide bonds. The summed E-state index contributed by atoms with van der Waals surface area (Å²) in [5, 5.41) is 3.97. The normalized spacial score (nSPS) is 12.2. The molecule has 2 aromatic carbocycles. The Balaban J connectivity index is 2.03. The van der Waals surface area contributed by atoms with Crippen molar-refractivity contribution in [3.05, 3.63) is 76.0 Å². The number of amides is 1. The molecule has 4 nitrogen and oxygen atoms in total. The van der Waals surface area contributed by atoms with Gasteiger partial charge in [-0.05, 0) is 43.7 Å². The van der Waals surface area contributed by atoms with Crippen molar-refractivity contribution in [3.63, 3.8) is 0 Å². The van der Waals surface area contributed by atoms with Crippen molar-refractivity contribution in [2.24, 2.45) is 0 Å². The van der Waals surface area contributed by atoms with Crippen LogP contribution in [-0.2, 0) is 11.3 Å². The van der Waals surface area contributed by atoms with E-state index in [1.165, 1.54) is 0 Å². The van der Waals surface area contributed by atoms with Crippen LogP contribution < -0.4 is 5.32 Å². The van der Waals surface area contributed by atoms with Crippen LogP contribution in [0.3, 0.4) is 0 Å². The fraction of sp³-hybridized carbons (Fsp3) is 0.200.